The van der Waals surface area contributed by atoms with Gasteiger partial charge in [0.2, 0.25) is 0 Å². The first-order valence-electron chi connectivity index (χ1n) is 9.07. The number of allylic oxidation sites excluding steroid dienone is 2. The quantitative estimate of drug-likeness (QED) is 0.473. The number of benzene rings is 1. The van der Waals surface area contributed by atoms with E-state index in [1.165, 1.54) is 11.1 Å². The van der Waals surface area contributed by atoms with Crippen LogP contribution in [0.25, 0.3) is 0 Å². The molecule has 2 rings (SSSR count). The summed E-state index contributed by atoms with van der Waals surface area (Å²) in [5.74, 6) is 1.26. The van der Waals surface area contributed by atoms with Gasteiger partial charge in [-0.15, -0.1) is 0 Å². The van der Waals surface area contributed by atoms with Crippen molar-refractivity contribution >= 4 is 15.9 Å². The Hall–Kier alpha value is -0.860. The molecule has 1 aliphatic rings. The van der Waals surface area contributed by atoms with Crippen LogP contribution in [0, 0.1) is 11.8 Å². The zero-order valence-corrected chi connectivity index (χ0v) is 17.1. The molecule has 0 amide bonds. The van der Waals surface area contributed by atoms with Gasteiger partial charge in [-0.05, 0) is 35.7 Å². The predicted molar refractivity (Wildman–Crippen MR) is 108 cm³/mol. The maximum absolute atomic E-state index is 5.80. The van der Waals surface area contributed by atoms with Gasteiger partial charge in [0, 0.05) is 5.33 Å². The van der Waals surface area contributed by atoms with Gasteiger partial charge in [-0.2, -0.15) is 0 Å². The molecular formula is C22H31BrO. The summed E-state index contributed by atoms with van der Waals surface area (Å²) in [7, 11) is 0. The molecule has 0 radical (unpaired) electrons. The highest BCUT2D eigenvalue weighted by Gasteiger charge is 2.35. The molecule has 1 aliphatic carbocycles. The lowest BCUT2D eigenvalue weighted by Gasteiger charge is -2.40. The number of hydrogen-bond acceptors (Lipinski definition) is 1. The van der Waals surface area contributed by atoms with Crippen LogP contribution >= 0.6 is 15.9 Å². The second-order valence-electron chi connectivity index (χ2n) is 7.47. The average molecular weight is 391 g/mol. The minimum atomic E-state index is 0.148. The summed E-state index contributed by atoms with van der Waals surface area (Å²) < 4.78 is 5.80. The lowest BCUT2D eigenvalue weighted by Crippen LogP contribution is -2.34. The molecule has 0 saturated carbocycles. The fraction of sp³-hybridized carbons (Fsp3) is 0.545. The van der Waals surface area contributed by atoms with E-state index in [1.807, 2.05) is 0 Å². The van der Waals surface area contributed by atoms with E-state index in [-0.39, 0.29) is 11.5 Å². The molecule has 0 heterocycles. The Balaban J connectivity index is 2.16. The molecule has 0 aromatic heterocycles. The molecule has 1 aromatic rings. The van der Waals surface area contributed by atoms with Gasteiger partial charge in [-0.3, -0.25) is 0 Å². The number of hydrogen-bond donors (Lipinski definition) is 0. The van der Waals surface area contributed by atoms with Crippen LogP contribution in [0.15, 0.2) is 54.1 Å². The molecule has 24 heavy (non-hydrogen) atoms. The fourth-order valence-corrected chi connectivity index (χ4v) is 3.79. The number of alkyl halides is 1. The predicted octanol–water partition coefficient (Wildman–Crippen LogP) is 6.29. The molecule has 2 heteroatoms. The van der Waals surface area contributed by atoms with Gasteiger partial charge in [0.1, 0.15) is 0 Å². The fourth-order valence-electron chi connectivity index (χ4n) is 3.60. The molecule has 0 fully saturated rings. The number of rotatable bonds is 8. The van der Waals surface area contributed by atoms with Gasteiger partial charge in [-0.1, -0.05) is 97.8 Å². The molecule has 132 valence electrons. The maximum Gasteiger partial charge on any atom is 0.0793 e. The van der Waals surface area contributed by atoms with Crippen molar-refractivity contribution in [1.82, 2.24) is 0 Å². The summed E-state index contributed by atoms with van der Waals surface area (Å²) in [4.78, 5) is 0. The van der Waals surface area contributed by atoms with Crippen LogP contribution < -0.4 is 0 Å². The first kappa shape index (κ1) is 19.5. The molecule has 0 aliphatic heterocycles. The van der Waals surface area contributed by atoms with E-state index in [9.17, 15) is 0 Å². The van der Waals surface area contributed by atoms with E-state index < -0.39 is 0 Å². The Kier molecular flexibility index (Phi) is 7.31. The van der Waals surface area contributed by atoms with Crippen LogP contribution in [0.4, 0.5) is 0 Å². The molecule has 1 nitrogen and oxygen atoms in total. The summed E-state index contributed by atoms with van der Waals surface area (Å²) >= 11 is 3.42. The molecule has 1 aromatic carbocycles. The summed E-state index contributed by atoms with van der Waals surface area (Å²) in [6.07, 6.45) is 9.17. The van der Waals surface area contributed by atoms with Crippen LogP contribution in [0.1, 0.15) is 46.1 Å². The third kappa shape index (κ3) is 4.83. The van der Waals surface area contributed by atoms with Gasteiger partial charge in [0.15, 0.2) is 0 Å². The number of halogens is 1. The van der Waals surface area contributed by atoms with Gasteiger partial charge >= 0.3 is 0 Å². The smallest absolute Gasteiger partial charge is 0.0793 e. The Morgan fingerprint density at radius 3 is 2.46 bits per heavy atom. The largest absolute Gasteiger partial charge is 0.373 e. The van der Waals surface area contributed by atoms with Gasteiger partial charge in [0.05, 0.1) is 12.7 Å². The Morgan fingerprint density at radius 2 is 1.92 bits per heavy atom. The first-order valence-corrected chi connectivity index (χ1v) is 10.2. The van der Waals surface area contributed by atoms with Gasteiger partial charge < -0.3 is 4.74 Å². The Morgan fingerprint density at radius 1 is 1.21 bits per heavy atom. The van der Waals surface area contributed by atoms with Crippen molar-refractivity contribution in [2.45, 2.75) is 52.1 Å². The van der Waals surface area contributed by atoms with Gasteiger partial charge in [0.25, 0.3) is 0 Å². The SMILES string of the molecule is CC(C)[C@@H](C)[C@@](C)(CC1=CCC(OCCBr)C=C1)c1ccccc1. The molecule has 1 unspecified atom stereocenters. The van der Waals surface area contributed by atoms with Crippen molar-refractivity contribution < 1.29 is 4.74 Å². The normalized spacial score (nSPS) is 21.4. The summed E-state index contributed by atoms with van der Waals surface area (Å²) in [6.45, 7) is 10.3. The van der Waals surface area contributed by atoms with E-state index >= 15 is 0 Å². The van der Waals surface area contributed by atoms with Crippen LogP contribution in [-0.4, -0.2) is 18.0 Å². The first-order chi connectivity index (χ1) is 11.5. The van der Waals surface area contributed by atoms with E-state index in [4.69, 9.17) is 4.74 Å². The molecule has 0 spiro atoms. The van der Waals surface area contributed by atoms with E-state index in [2.05, 4.69) is 92.2 Å². The summed E-state index contributed by atoms with van der Waals surface area (Å²) in [5, 5.41) is 0.895. The van der Waals surface area contributed by atoms with E-state index in [0.717, 1.165) is 24.8 Å². The highest BCUT2D eigenvalue weighted by atomic mass is 79.9. The van der Waals surface area contributed by atoms with E-state index in [0.29, 0.717) is 11.8 Å². The van der Waals surface area contributed by atoms with Crippen molar-refractivity contribution in [1.29, 1.82) is 0 Å². The topological polar surface area (TPSA) is 9.23 Å². The molecule has 3 atom stereocenters. The van der Waals surface area contributed by atoms with Crippen molar-refractivity contribution in [3.05, 3.63) is 59.7 Å². The monoisotopic (exact) mass is 390 g/mol. The third-order valence-electron chi connectivity index (χ3n) is 5.56. The average Bonchev–Trinajstić information content (AvgIpc) is 2.61. The minimum Gasteiger partial charge on any atom is -0.373 e. The van der Waals surface area contributed by atoms with Crippen LogP contribution in [0.3, 0.4) is 0 Å². The standard InChI is InChI=1S/C22H31BrO/c1-17(2)18(3)22(4,20-8-6-5-7-9-20)16-19-10-12-21(13-11-19)24-15-14-23/h5-12,17-18,21H,13-16H2,1-4H3/t18-,21?,22-/m1/s1. The maximum atomic E-state index is 5.80. The van der Waals surface area contributed by atoms with Gasteiger partial charge in [-0.25, -0.2) is 0 Å². The van der Waals surface area contributed by atoms with Crippen molar-refractivity contribution in [2.24, 2.45) is 11.8 Å². The molecule has 0 N–H and O–H groups in total. The molecule has 0 bridgehead atoms. The van der Waals surface area contributed by atoms with Crippen molar-refractivity contribution in [3.8, 4) is 0 Å². The number of ether oxygens (including phenoxy) is 1. The second-order valence-corrected chi connectivity index (χ2v) is 8.26. The Labute approximate surface area is 156 Å². The van der Waals surface area contributed by atoms with E-state index in [1.54, 1.807) is 0 Å². The second kappa shape index (κ2) is 9.01. The van der Waals surface area contributed by atoms with Crippen LogP contribution in [-0.2, 0) is 10.2 Å². The van der Waals surface area contributed by atoms with Crippen LogP contribution in [0.2, 0.25) is 0 Å². The lowest BCUT2D eigenvalue weighted by atomic mass is 9.65. The molecular weight excluding hydrogens is 360 g/mol. The van der Waals surface area contributed by atoms with Crippen LogP contribution in [0.5, 0.6) is 0 Å². The Bertz CT molecular complexity index is 561. The lowest BCUT2D eigenvalue weighted by molar-refractivity contribution is 0.0999. The summed E-state index contributed by atoms with van der Waals surface area (Å²) in [5.41, 5.74) is 3.03. The highest BCUT2D eigenvalue weighted by molar-refractivity contribution is 9.09. The summed E-state index contributed by atoms with van der Waals surface area (Å²) in [6, 6.07) is 11.0. The molecule has 0 saturated heterocycles. The minimum absolute atomic E-state index is 0.148. The van der Waals surface area contributed by atoms with Crippen molar-refractivity contribution in [3.63, 3.8) is 0 Å². The zero-order valence-electron chi connectivity index (χ0n) is 15.5. The highest BCUT2D eigenvalue weighted by Crippen LogP contribution is 2.42. The van der Waals surface area contributed by atoms with Crippen molar-refractivity contribution in [2.75, 3.05) is 11.9 Å². The zero-order chi connectivity index (χ0) is 17.6. The third-order valence-corrected chi connectivity index (χ3v) is 5.88.